The summed E-state index contributed by atoms with van der Waals surface area (Å²) in [5, 5.41) is 5.49. The summed E-state index contributed by atoms with van der Waals surface area (Å²) in [6, 6.07) is 8.60. The van der Waals surface area contributed by atoms with Crippen LogP contribution in [-0.2, 0) is 10.2 Å². The van der Waals surface area contributed by atoms with Crippen LogP contribution in [-0.4, -0.2) is 29.9 Å². The number of unbranched alkanes of at least 4 members (excludes halogenated alkanes) is 4. The monoisotopic (exact) mass is 803 g/mol. The number of aliphatic imine (C=N–C) groups is 1. The van der Waals surface area contributed by atoms with Crippen LogP contribution in [0.3, 0.4) is 0 Å². The summed E-state index contributed by atoms with van der Waals surface area (Å²) >= 11 is 0. The Labute approximate surface area is 355 Å². The van der Waals surface area contributed by atoms with E-state index in [1.807, 2.05) is 66.7 Å². The van der Waals surface area contributed by atoms with Crippen molar-refractivity contribution in [1.82, 2.24) is 10.3 Å². The molecule has 6 nitrogen and oxygen atoms in total. The van der Waals surface area contributed by atoms with Gasteiger partial charge in [-0.05, 0) is 124 Å². The van der Waals surface area contributed by atoms with Crippen LogP contribution < -0.4 is 10.6 Å². The third-order valence-electron chi connectivity index (χ3n) is 10.5. The average Bonchev–Trinajstić information content (AvgIpc) is 3.17. The Bertz CT molecular complexity index is 1640. The van der Waals surface area contributed by atoms with Gasteiger partial charge in [0.05, 0.1) is 5.70 Å². The van der Waals surface area contributed by atoms with Crippen molar-refractivity contribution in [3.63, 3.8) is 0 Å². The Morgan fingerprint density at radius 1 is 0.983 bits per heavy atom. The topological polar surface area (TPSA) is 83.4 Å². The number of Topliss-reactive ketones (excluding diaryl/α,β-unsaturated/α-hetero) is 1. The normalized spacial score (nSPS) is 16.0. The Kier molecular flexibility index (Phi) is 26.6. The number of aryl methyl sites for hydroxylation is 1. The van der Waals surface area contributed by atoms with Crippen LogP contribution in [0.4, 0.5) is 10.2 Å². The van der Waals surface area contributed by atoms with Crippen molar-refractivity contribution in [3.8, 4) is 0 Å². The average molecular weight is 803 g/mol. The molecule has 0 saturated heterocycles. The molecule has 58 heavy (non-hydrogen) atoms. The number of hydrogen-bond donors (Lipinski definition) is 2. The molecule has 1 aliphatic rings. The number of aromatic nitrogens is 1. The van der Waals surface area contributed by atoms with Gasteiger partial charge in [-0.15, -0.1) is 0 Å². The van der Waals surface area contributed by atoms with Gasteiger partial charge in [0.25, 0.3) is 5.91 Å². The fourth-order valence-electron chi connectivity index (χ4n) is 6.51. The largest absolute Gasteiger partial charge is 0.354 e. The van der Waals surface area contributed by atoms with Gasteiger partial charge in [-0.2, -0.15) is 0 Å². The number of carbonyl (C=O) groups is 2. The summed E-state index contributed by atoms with van der Waals surface area (Å²) in [5.74, 6) is 2.18. The van der Waals surface area contributed by atoms with E-state index < -0.39 is 17.1 Å². The molecule has 1 aromatic heterocycles. The number of amides is 1. The van der Waals surface area contributed by atoms with Crippen LogP contribution in [0.15, 0.2) is 64.9 Å². The van der Waals surface area contributed by atoms with Crippen LogP contribution in [0, 0.1) is 36.4 Å². The summed E-state index contributed by atoms with van der Waals surface area (Å²) in [6.45, 7) is 35.6. The summed E-state index contributed by atoms with van der Waals surface area (Å²) < 4.78 is 14.5. The standard InChI is InChI=1S/C33H43FN4O2.C7H14.C7H16.C4H10/c1-11-17-36-29(23(6)24(7)37-31-27(34)15-16-28(38-31)32(40)35-10)19-21(4)25-13-14-26(22(5)18-25)33(8,9)30(39)20(3)12-2;1-3-7-4-6(2)5-7;1-3-5-7-6-4-2;1-4(2)3/h13-20H,4,11-12H2,1-3,5-10H3,(H,35,40)(H,37,38);6-7H,3-5H2,1-2H3;3-7H2,1-2H3;4H,1-3H3/b24-23+,29-19+,36-17?;;;. The highest BCUT2D eigenvalue weighted by Crippen LogP contribution is 2.35. The molecule has 1 aliphatic carbocycles. The van der Waals surface area contributed by atoms with Crippen LogP contribution >= 0.6 is 0 Å². The van der Waals surface area contributed by atoms with E-state index in [-0.39, 0.29) is 23.2 Å². The zero-order valence-corrected chi connectivity index (χ0v) is 39.7. The van der Waals surface area contributed by atoms with Gasteiger partial charge in [-0.1, -0.05) is 133 Å². The first-order valence-corrected chi connectivity index (χ1v) is 22.2. The first-order chi connectivity index (χ1) is 27.2. The van der Waals surface area contributed by atoms with Crippen molar-refractivity contribution >= 4 is 29.3 Å². The summed E-state index contributed by atoms with van der Waals surface area (Å²) in [7, 11) is 1.49. The van der Waals surface area contributed by atoms with Gasteiger partial charge in [0.15, 0.2) is 11.6 Å². The third kappa shape index (κ3) is 19.3. The van der Waals surface area contributed by atoms with Gasteiger partial charge in [0.1, 0.15) is 11.5 Å². The molecule has 1 unspecified atom stereocenters. The van der Waals surface area contributed by atoms with Gasteiger partial charge >= 0.3 is 0 Å². The molecule has 0 radical (unpaired) electrons. The molecule has 2 N–H and O–H groups in total. The first-order valence-electron chi connectivity index (χ1n) is 22.2. The van der Waals surface area contributed by atoms with E-state index in [9.17, 15) is 14.0 Å². The molecule has 3 rings (SSSR count). The number of nitrogens with zero attached hydrogens (tertiary/aromatic N) is 2. The van der Waals surface area contributed by atoms with Crippen LogP contribution in [0.1, 0.15) is 188 Å². The van der Waals surface area contributed by atoms with Crippen molar-refractivity contribution < 1.29 is 14.0 Å². The lowest BCUT2D eigenvalue weighted by atomic mass is 9.73. The Morgan fingerprint density at radius 3 is 2.02 bits per heavy atom. The highest BCUT2D eigenvalue weighted by atomic mass is 19.1. The second kappa shape index (κ2) is 28.5. The molecule has 1 fully saturated rings. The minimum atomic E-state index is -0.591. The summed E-state index contributed by atoms with van der Waals surface area (Å²) in [4.78, 5) is 33.8. The van der Waals surface area contributed by atoms with E-state index in [0.717, 1.165) is 58.4 Å². The zero-order chi connectivity index (χ0) is 44.6. The molecule has 2 aromatic rings. The summed E-state index contributed by atoms with van der Waals surface area (Å²) in [5.41, 5.74) is 5.28. The van der Waals surface area contributed by atoms with E-state index in [1.54, 1.807) is 13.1 Å². The number of nitrogens with one attached hydrogen (secondary N) is 2. The number of anilines is 1. The molecule has 326 valence electrons. The minimum Gasteiger partial charge on any atom is -0.354 e. The van der Waals surface area contributed by atoms with E-state index >= 15 is 0 Å². The molecule has 1 amide bonds. The maximum absolute atomic E-state index is 14.5. The Morgan fingerprint density at radius 2 is 1.57 bits per heavy atom. The number of ketones is 1. The van der Waals surface area contributed by atoms with Gasteiger partial charge in [-0.3, -0.25) is 14.6 Å². The molecule has 7 heteroatoms. The minimum absolute atomic E-state index is 0.00692. The number of halogens is 1. The van der Waals surface area contributed by atoms with Crippen molar-refractivity contribution in [3.05, 3.63) is 88.2 Å². The lowest BCUT2D eigenvalue weighted by molar-refractivity contribution is -0.127. The molecule has 1 aromatic carbocycles. The predicted octanol–water partition coefficient (Wildman–Crippen LogP) is 14.6. The molecule has 0 bridgehead atoms. The molecule has 1 saturated carbocycles. The Balaban J connectivity index is 0.00000148. The van der Waals surface area contributed by atoms with E-state index in [1.165, 1.54) is 70.5 Å². The van der Waals surface area contributed by atoms with Gasteiger partial charge in [0, 0.05) is 30.3 Å². The molecule has 1 heterocycles. The second-order valence-electron chi connectivity index (χ2n) is 17.2. The quantitative estimate of drug-likeness (QED) is 0.0948. The van der Waals surface area contributed by atoms with E-state index in [4.69, 9.17) is 0 Å². The van der Waals surface area contributed by atoms with E-state index in [0.29, 0.717) is 11.4 Å². The summed E-state index contributed by atoms with van der Waals surface area (Å²) in [6.07, 6.45) is 16.7. The number of carbonyl (C=O) groups excluding carboxylic acids is 2. The highest BCUT2D eigenvalue weighted by Gasteiger charge is 2.33. The fourth-order valence-corrected chi connectivity index (χ4v) is 6.51. The number of allylic oxidation sites excluding steroid dienone is 4. The maximum Gasteiger partial charge on any atom is 0.269 e. The molecular weight excluding hydrogens is 720 g/mol. The maximum atomic E-state index is 14.5. The second-order valence-corrected chi connectivity index (χ2v) is 17.2. The SMILES string of the molecule is C=C(/C=C(N=CCC)\C(C)=C(/C)Nc1nc(C(=O)NC)ccc1F)c1ccc(C(C)(C)C(=O)C(C)CC)c(C)c1.CC(C)C.CCC1CC(C)C1.CCCCCCC. The van der Waals surface area contributed by atoms with Crippen LogP contribution in [0.25, 0.3) is 5.57 Å². The predicted molar refractivity (Wildman–Crippen MR) is 251 cm³/mol. The lowest BCUT2D eigenvalue weighted by Crippen LogP contribution is -2.34. The fraction of sp³-hybridized carbons (Fsp3) is 0.608. The molecular formula is C51H83FN4O2. The van der Waals surface area contributed by atoms with Crippen molar-refractivity contribution in [2.24, 2.45) is 28.7 Å². The lowest BCUT2D eigenvalue weighted by Gasteiger charge is -2.31. The number of pyridine rings is 1. The number of rotatable bonds is 17. The first kappa shape index (κ1) is 54.1. The van der Waals surface area contributed by atoms with Crippen LogP contribution in [0.2, 0.25) is 0 Å². The van der Waals surface area contributed by atoms with Crippen molar-refractivity contribution in [1.29, 1.82) is 0 Å². The van der Waals surface area contributed by atoms with Gasteiger partial charge in [0.2, 0.25) is 0 Å². The van der Waals surface area contributed by atoms with Gasteiger partial charge in [-0.25, -0.2) is 9.37 Å². The number of benzene rings is 1. The third-order valence-corrected chi connectivity index (χ3v) is 10.5. The number of hydrogen-bond acceptors (Lipinski definition) is 5. The van der Waals surface area contributed by atoms with E-state index in [2.05, 4.69) is 81.7 Å². The zero-order valence-electron chi connectivity index (χ0n) is 39.7. The molecule has 0 spiro atoms. The molecule has 1 atom stereocenters. The van der Waals surface area contributed by atoms with Gasteiger partial charge < -0.3 is 10.6 Å². The van der Waals surface area contributed by atoms with Crippen LogP contribution in [0.5, 0.6) is 0 Å². The van der Waals surface area contributed by atoms with Crippen molar-refractivity contribution in [2.75, 3.05) is 12.4 Å². The molecule has 0 aliphatic heterocycles. The highest BCUT2D eigenvalue weighted by molar-refractivity contribution is 5.92. The Hall–Kier alpha value is -3.87. The van der Waals surface area contributed by atoms with Crippen molar-refractivity contribution in [2.45, 2.75) is 173 Å². The smallest absolute Gasteiger partial charge is 0.269 e.